The Morgan fingerprint density at radius 3 is 2.33 bits per heavy atom. The minimum atomic E-state index is -1.02. The number of aryl methyl sites for hydroxylation is 1. The molecule has 0 aliphatic carbocycles. The third kappa shape index (κ3) is 4.68. The number of amides is 1. The van der Waals surface area contributed by atoms with Gasteiger partial charge < -0.3 is 10.4 Å². The molecule has 1 aromatic carbocycles. The highest BCUT2D eigenvalue weighted by molar-refractivity contribution is 5.86. The SMILES string of the molecule is CC(C)c1ccc(C(C)NC(=O)CCn2cc(C(=O)O)cn2)cc1. The lowest BCUT2D eigenvalue weighted by Gasteiger charge is -2.15. The van der Waals surface area contributed by atoms with Gasteiger partial charge in [-0.25, -0.2) is 4.79 Å². The van der Waals surface area contributed by atoms with Crippen molar-refractivity contribution in [2.45, 2.75) is 45.7 Å². The summed E-state index contributed by atoms with van der Waals surface area (Å²) < 4.78 is 1.46. The summed E-state index contributed by atoms with van der Waals surface area (Å²) in [4.78, 5) is 22.8. The zero-order valence-corrected chi connectivity index (χ0v) is 14.2. The molecule has 0 aliphatic heterocycles. The highest BCUT2D eigenvalue weighted by Gasteiger charge is 2.11. The molecule has 0 bridgehead atoms. The van der Waals surface area contributed by atoms with E-state index in [0.717, 1.165) is 5.56 Å². The third-order valence-electron chi connectivity index (χ3n) is 3.93. The summed E-state index contributed by atoms with van der Waals surface area (Å²) in [5.41, 5.74) is 2.44. The van der Waals surface area contributed by atoms with E-state index >= 15 is 0 Å². The van der Waals surface area contributed by atoms with Gasteiger partial charge in [0.25, 0.3) is 0 Å². The number of nitrogens with zero attached hydrogens (tertiary/aromatic N) is 2. The lowest BCUT2D eigenvalue weighted by molar-refractivity contribution is -0.122. The summed E-state index contributed by atoms with van der Waals surface area (Å²) in [6.45, 7) is 6.58. The van der Waals surface area contributed by atoms with Crippen LogP contribution < -0.4 is 5.32 Å². The second-order valence-electron chi connectivity index (χ2n) is 6.16. The summed E-state index contributed by atoms with van der Waals surface area (Å²) in [6.07, 6.45) is 2.94. The molecular weight excluding hydrogens is 306 g/mol. The van der Waals surface area contributed by atoms with Crippen molar-refractivity contribution in [2.24, 2.45) is 0 Å². The Morgan fingerprint density at radius 2 is 1.79 bits per heavy atom. The van der Waals surface area contributed by atoms with Gasteiger partial charge in [-0.3, -0.25) is 9.48 Å². The van der Waals surface area contributed by atoms with Gasteiger partial charge in [0.05, 0.1) is 17.8 Å². The van der Waals surface area contributed by atoms with Crippen LogP contribution in [0.4, 0.5) is 0 Å². The Labute approximate surface area is 141 Å². The van der Waals surface area contributed by atoms with E-state index in [-0.39, 0.29) is 23.9 Å². The molecule has 0 radical (unpaired) electrons. The normalized spacial score (nSPS) is 12.2. The molecule has 2 rings (SSSR count). The molecule has 1 heterocycles. The second-order valence-corrected chi connectivity index (χ2v) is 6.16. The van der Waals surface area contributed by atoms with Gasteiger partial charge in [-0.05, 0) is 24.0 Å². The minimum Gasteiger partial charge on any atom is -0.478 e. The van der Waals surface area contributed by atoms with E-state index in [9.17, 15) is 9.59 Å². The molecule has 1 aromatic heterocycles. The van der Waals surface area contributed by atoms with Gasteiger partial charge in [0.2, 0.25) is 5.91 Å². The number of aromatic nitrogens is 2. The number of aromatic carboxylic acids is 1. The number of hydrogen-bond acceptors (Lipinski definition) is 3. The van der Waals surface area contributed by atoms with Crippen molar-refractivity contribution in [3.63, 3.8) is 0 Å². The van der Waals surface area contributed by atoms with Gasteiger partial charge in [0.15, 0.2) is 0 Å². The first-order valence-electron chi connectivity index (χ1n) is 8.01. The maximum Gasteiger partial charge on any atom is 0.338 e. The van der Waals surface area contributed by atoms with Crippen LogP contribution in [0, 0.1) is 0 Å². The predicted octanol–water partition coefficient (Wildman–Crippen LogP) is 2.97. The number of carbonyl (C=O) groups is 2. The van der Waals surface area contributed by atoms with E-state index in [4.69, 9.17) is 5.11 Å². The quantitative estimate of drug-likeness (QED) is 0.818. The van der Waals surface area contributed by atoms with E-state index < -0.39 is 5.97 Å². The Bertz CT molecular complexity index is 705. The summed E-state index contributed by atoms with van der Waals surface area (Å²) in [6, 6.07) is 8.16. The first-order valence-corrected chi connectivity index (χ1v) is 8.01. The number of carboxylic acid groups (broad SMARTS) is 1. The van der Waals surface area contributed by atoms with E-state index in [1.54, 1.807) is 0 Å². The first kappa shape index (κ1) is 17.7. The summed E-state index contributed by atoms with van der Waals surface area (Å²) >= 11 is 0. The molecule has 1 amide bonds. The number of rotatable bonds is 7. The number of carboxylic acids is 1. The Kier molecular flexibility index (Phi) is 5.73. The third-order valence-corrected chi connectivity index (χ3v) is 3.93. The van der Waals surface area contributed by atoms with Crippen molar-refractivity contribution in [2.75, 3.05) is 0 Å². The van der Waals surface area contributed by atoms with Gasteiger partial charge in [-0.15, -0.1) is 0 Å². The standard InChI is InChI=1S/C18H23N3O3/c1-12(2)14-4-6-15(7-5-14)13(3)20-17(22)8-9-21-11-16(10-19-21)18(23)24/h4-7,10-13H,8-9H2,1-3H3,(H,20,22)(H,23,24). The summed E-state index contributed by atoms with van der Waals surface area (Å²) in [5.74, 6) is -0.638. The Balaban J connectivity index is 1.85. The van der Waals surface area contributed by atoms with Crippen molar-refractivity contribution < 1.29 is 14.7 Å². The molecule has 0 fully saturated rings. The summed E-state index contributed by atoms with van der Waals surface area (Å²) in [5, 5.41) is 15.7. The van der Waals surface area contributed by atoms with Gasteiger partial charge in [-0.2, -0.15) is 5.10 Å². The monoisotopic (exact) mass is 329 g/mol. The molecule has 0 saturated carbocycles. The summed E-state index contributed by atoms with van der Waals surface area (Å²) in [7, 11) is 0. The van der Waals surface area contributed by atoms with Gasteiger partial charge in [-0.1, -0.05) is 38.1 Å². The molecule has 0 saturated heterocycles. The van der Waals surface area contributed by atoms with E-state index in [1.165, 1.54) is 22.6 Å². The largest absolute Gasteiger partial charge is 0.478 e. The van der Waals surface area contributed by atoms with E-state index in [0.29, 0.717) is 12.5 Å². The zero-order chi connectivity index (χ0) is 17.7. The van der Waals surface area contributed by atoms with Crippen molar-refractivity contribution >= 4 is 11.9 Å². The van der Waals surface area contributed by atoms with Crippen LogP contribution in [-0.2, 0) is 11.3 Å². The van der Waals surface area contributed by atoms with Crippen LogP contribution in [0.15, 0.2) is 36.7 Å². The molecule has 6 nitrogen and oxygen atoms in total. The van der Waals surface area contributed by atoms with E-state index in [1.807, 2.05) is 19.1 Å². The van der Waals surface area contributed by atoms with Crippen molar-refractivity contribution in [3.05, 3.63) is 53.3 Å². The Hall–Kier alpha value is -2.63. The zero-order valence-electron chi connectivity index (χ0n) is 14.2. The lowest BCUT2D eigenvalue weighted by Crippen LogP contribution is -2.27. The molecule has 2 aromatic rings. The van der Waals surface area contributed by atoms with Crippen LogP contribution in [0.2, 0.25) is 0 Å². The van der Waals surface area contributed by atoms with Gasteiger partial charge >= 0.3 is 5.97 Å². The number of benzene rings is 1. The van der Waals surface area contributed by atoms with E-state index in [2.05, 4.69) is 36.4 Å². The smallest absolute Gasteiger partial charge is 0.338 e. The fourth-order valence-corrected chi connectivity index (χ4v) is 2.38. The van der Waals surface area contributed by atoms with Crippen LogP contribution in [-0.4, -0.2) is 26.8 Å². The molecule has 6 heteroatoms. The molecule has 24 heavy (non-hydrogen) atoms. The van der Waals surface area contributed by atoms with Crippen LogP contribution >= 0.6 is 0 Å². The molecule has 1 unspecified atom stereocenters. The number of nitrogens with one attached hydrogen (secondary N) is 1. The van der Waals surface area contributed by atoms with Crippen LogP contribution in [0.5, 0.6) is 0 Å². The predicted molar refractivity (Wildman–Crippen MR) is 90.9 cm³/mol. The minimum absolute atomic E-state index is 0.0779. The molecule has 0 aliphatic rings. The number of carbonyl (C=O) groups excluding carboxylic acids is 1. The fraction of sp³-hybridized carbons (Fsp3) is 0.389. The van der Waals surface area contributed by atoms with Crippen LogP contribution in [0.3, 0.4) is 0 Å². The lowest BCUT2D eigenvalue weighted by atomic mass is 9.99. The first-order chi connectivity index (χ1) is 11.4. The average Bonchev–Trinajstić information content (AvgIpc) is 3.02. The van der Waals surface area contributed by atoms with Crippen LogP contribution in [0.25, 0.3) is 0 Å². The Morgan fingerprint density at radius 1 is 1.17 bits per heavy atom. The van der Waals surface area contributed by atoms with Gasteiger partial charge in [0.1, 0.15) is 0 Å². The van der Waals surface area contributed by atoms with Gasteiger partial charge in [0, 0.05) is 19.2 Å². The topological polar surface area (TPSA) is 84.2 Å². The highest BCUT2D eigenvalue weighted by atomic mass is 16.4. The number of hydrogen-bond donors (Lipinski definition) is 2. The van der Waals surface area contributed by atoms with Crippen molar-refractivity contribution in [1.29, 1.82) is 0 Å². The van der Waals surface area contributed by atoms with Crippen LogP contribution in [0.1, 0.15) is 60.6 Å². The molecule has 0 spiro atoms. The fourth-order valence-electron chi connectivity index (χ4n) is 2.38. The maximum absolute atomic E-state index is 12.0. The maximum atomic E-state index is 12.0. The highest BCUT2D eigenvalue weighted by Crippen LogP contribution is 2.18. The molecule has 2 N–H and O–H groups in total. The molecule has 1 atom stereocenters. The molecule has 128 valence electrons. The second kappa shape index (κ2) is 7.77. The van der Waals surface area contributed by atoms with Crippen molar-refractivity contribution in [1.82, 2.24) is 15.1 Å². The molecular formula is C18H23N3O3. The average molecular weight is 329 g/mol. The van der Waals surface area contributed by atoms with Crippen molar-refractivity contribution in [3.8, 4) is 0 Å².